The van der Waals surface area contributed by atoms with Crippen molar-refractivity contribution in [2.24, 2.45) is 5.92 Å². The molecule has 0 unspecified atom stereocenters. The Balaban J connectivity index is 2.08. The Hall–Kier alpha value is -1.10. The Morgan fingerprint density at radius 1 is 1.18 bits per heavy atom. The lowest BCUT2D eigenvalue weighted by atomic mass is 9.99. The molecule has 0 radical (unpaired) electrons. The maximum Gasteiger partial charge on any atom is 0.223 e. The summed E-state index contributed by atoms with van der Waals surface area (Å²) in [6.07, 6.45) is 2.86. The molecule has 0 spiro atoms. The molecule has 1 heterocycles. The molecule has 0 aromatic heterocycles. The van der Waals surface area contributed by atoms with Crippen LogP contribution in [0.5, 0.6) is 0 Å². The number of rotatable bonds is 6. The second-order valence-electron chi connectivity index (χ2n) is 4.28. The molecule has 5 heteroatoms. The molecule has 98 valence electrons. The molecule has 1 aliphatic heterocycles. The van der Waals surface area contributed by atoms with Crippen molar-refractivity contribution in [2.75, 3.05) is 26.3 Å². The van der Waals surface area contributed by atoms with Gasteiger partial charge in [-0.25, -0.2) is 0 Å². The first-order valence-electron chi connectivity index (χ1n) is 6.36. The molecule has 1 fully saturated rings. The molecule has 1 rings (SSSR count). The SMILES string of the molecule is CCCNC(=O)CCNC(=O)C1CCOCC1. The number of ether oxygens (including phenoxy) is 1. The molecule has 17 heavy (non-hydrogen) atoms. The van der Waals surface area contributed by atoms with E-state index in [4.69, 9.17) is 4.74 Å². The van der Waals surface area contributed by atoms with Gasteiger partial charge in [-0.05, 0) is 19.3 Å². The third-order valence-corrected chi connectivity index (χ3v) is 2.82. The molecular formula is C12H22N2O3. The van der Waals surface area contributed by atoms with Gasteiger partial charge in [-0.2, -0.15) is 0 Å². The summed E-state index contributed by atoms with van der Waals surface area (Å²) in [7, 11) is 0. The van der Waals surface area contributed by atoms with Crippen LogP contribution in [0.1, 0.15) is 32.6 Å². The zero-order valence-electron chi connectivity index (χ0n) is 10.5. The first-order chi connectivity index (χ1) is 8.24. The summed E-state index contributed by atoms with van der Waals surface area (Å²) in [5.74, 6) is 0.109. The zero-order chi connectivity index (χ0) is 12.5. The van der Waals surface area contributed by atoms with Gasteiger partial charge in [0.25, 0.3) is 0 Å². The number of hydrogen-bond donors (Lipinski definition) is 2. The average Bonchev–Trinajstić information content (AvgIpc) is 2.37. The van der Waals surface area contributed by atoms with Crippen molar-refractivity contribution < 1.29 is 14.3 Å². The van der Waals surface area contributed by atoms with E-state index in [1.54, 1.807) is 0 Å². The Labute approximate surface area is 102 Å². The second-order valence-corrected chi connectivity index (χ2v) is 4.28. The topological polar surface area (TPSA) is 67.4 Å². The normalized spacial score (nSPS) is 16.5. The fourth-order valence-corrected chi connectivity index (χ4v) is 1.76. The molecule has 1 aliphatic rings. The molecule has 0 bridgehead atoms. The van der Waals surface area contributed by atoms with Crippen molar-refractivity contribution in [3.8, 4) is 0 Å². The minimum atomic E-state index is -0.000808. The number of amides is 2. The van der Waals surface area contributed by atoms with Crippen LogP contribution < -0.4 is 10.6 Å². The minimum absolute atomic E-state index is 0.000808. The molecule has 0 aliphatic carbocycles. The summed E-state index contributed by atoms with van der Waals surface area (Å²) in [6, 6.07) is 0. The predicted octanol–water partition coefficient (Wildman–Crippen LogP) is 0.445. The third-order valence-electron chi connectivity index (χ3n) is 2.82. The maximum absolute atomic E-state index is 11.7. The van der Waals surface area contributed by atoms with E-state index in [1.807, 2.05) is 6.92 Å². The van der Waals surface area contributed by atoms with Gasteiger partial charge in [0.2, 0.25) is 11.8 Å². The van der Waals surface area contributed by atoms with Crippen molar-refractivity contribution in [3.05, 3.63) is 0 Å². The van der Waals surface area contributed by atoms with E-state index in [2.05, 4.69) is 10.6 Å². The number of nitrogens with one attached hydrogen (secondary N) is 2. The molecule has 0 aromatic carbocycles. The number of carbonyl (C=O) groups is 2. The molecule has 1 saturated heterocycles. The van der Waals surface area contributed by atoms with Gasteiger partial charge in [0.05, 0.1) is 0 Å². The van der Waals surface area contributed by atoms with E-state index in [1.165, 1.54) is 0 Å². The van der Waals surface area contributed by atoms with Gasteiger partial charge >= 0.3 is 0 Å². The van der Waals surface area contributed by atoms with Gasteiger partial charge in [0.1, 0.15) is 0 Å². The lowest BCUT2D eigenvalue weighted by molar-refractivity contribution is -0.128. The highest BCUT2D eigenvalue weighted by Gasteiger charge is 2.20. The number of hydrogen-bond acceptors (Lipinski definition) is 3. The van der Waals surface area contributed by atoms with Crippen LogP contribution in [0.15, 0.2) is 0 Å². The van der Waals surface area contributed by atoms with Crippen molar-refractivity contribution in [3.63, 3.8) is 0 Å². The van der Waals surface area contributed by atoms with Gasteiger partial charge in [0.15, 0.2) is 0 Å². The summed E-state index contributed by atoms with van der Waals surface area (Å²) < 4.78 is 5.19. The third kappa shape index (κ3) is 5.68. The maximum atomic E-state index is 11.7. The summed E-state index contributed by atoms with van der Waals surface area (Å²) in [4.78, 5) is 23.0. The summed E-state index contributed by atoms with van der Waals surface area (Å²) in [6.45, 7) is 4.45. The van der Waals surface area contributed by atoms with Crippen LogP contribution in [0.3, 0.4) is 0 Å². The smallest absolute Gasteiger partial charge is 0.223 e. The van der Waals surface area contributed by atoms with E-state index in [0.29, 0.717) is 32.7 Å². The fraction of sp³-hybridized carbons (Fsp3) is 0.833. The summed E-state index contributed by atoms with van der Waals surface area (Å²) >= 11 is 0. The lowest BCUT2D eigenvalue weighted by Gasteiger charge is -2.21. The van der Waals surface area contributed by atoms with Crippen LogP contribution in [0, 0.1) is 5.92 Å². The van der Waals surface area contributed by atoms with Crippen molar-refractivity contribution >= 4 is 11.8 Å². The van der Waals surface area contributed by atoms with E-state index >= 15 is 0 Å². The van der Waals surface area contributed by atoms with Gasteiger partial charge in [-0.3, -0.25) is 9.59 Å². The Bertz CT molecular complexity index is 250. The van der Waals surface area contributed by atoms with Crippen LogP contribution in [-0.4, -0.2) is 38.1 Å². The van der Waals surface area contributed by atoms with Crippen LogP contribution in [0.2, 0.25) is 0 Å². The van der Waals surface area contributed by atoms with E-state index in [9.17, 15) is 9.59 Å². The highest BCUT2D eigenvalue weighted by molar-refractivity contribution is 5.80. The fourth-order valence-electron chi connectivity index (χ4n) is 1.76. The average molecular weight is 242 g/mol. The summed E-state index contributed by atoms with van der Waals surface area (Å²) in [5.41, 5.74) is 0. The van der Waals surface area contributed by atoms with Crippen LogP contribution in [-0.2, 0) is 14.3 Å². The van der Waals surface area contributed by atoms with E-state index in [-0.39, 0.29) is 17.7 Å². The van der Waals surface area contributed by atoms with Crippen LogP contribution in [0.25, 0.3) is 0 Å². The van der Waals surface area contributed by atoms with Crippen molar-refractivity contribution in [1.29, 1.82) is 0 Å². The largest absolute Gasteiger partial charge is 0.381 e. The first kappa shape index (κ1) is 14.0. The summed E-state index contributed by atoms with van der Waals surface area (Å²) in [5, 5.41) is 5.58. The van der Waals surface area contributed by atoms with Crippen LogP contribution >= 0.6 is 0 Å². The van der Waals surface area contributed by atoms with E-state index in [0.717, 1.165) is 19.3 Å². The van der Waals surface area contributed by atoms with Crippen molar-refractivity contribution in [1.82, 2.24) is 10.6 Å². The molecule has 0 aromatic rings. The molecule has 0 atom stereocenters. The van der Waals surface area contributed by atoms with Gasteiger partial charge in [-0.1, -0.05) is 6.92 Å². The highest BCUT2D eigenvalue weighted by Crippen LogP contribution is 2.14. The van der Waals surface area contributed by atoms with Gasteiger partial charge in [-0.15, -0.1) is 0 Å². The minimum Gasteiger partial charge on any atom is -0.381 e. The molecular weight excluding hydrogens is 220 g/mol. The Kier molecular flexibility index (Phi) is 6.62. The predicted molar refractivity (Wildman–Crippen MR) is 64.5 cm³/mol. The van der Waals surface area contributed by atoms with E-state index < -0.39 is 0 Å². The van der Waals surface area contributed by atoms with Gasteiger partial charge in [0, 0.05) is 38.6 Å². The quantitative estimate of drug-likeness (QED) is 0.710. The monoisotopic (exact) mass is 242 g/mol. The first-order valence-corrected chi connectivity index (χ1v) is 6.36. The molecule has 2 amide bonds. The standard InChI is InChI=1S/C12H22N2O3/c1-2-6-13-11(15)3-7-14-12(16)10-4-8-17-9-5-10/h10H,2-9H2,1H3,(H,13,15)(H,14,16). The van der Waals surface area contributed by atoms with Crippen molar-refractivity contribution in [2.45, 2.75) is 32.6 Å². The zero-order valence-corrected chi connectivity index (χ0v) is 10.5. The number of carbonyl (C=O) groups excluding carboxylic acids is 2. The lowest BCUT2D eigenvalue weighted by Crippen LogP contribution is -2.36. The molecule has 0 saturated carbocycles. The van der Waals surface area contributed by atoms with Gasteiger partial charge < -0.3 is 15.4 Å². The van der Waals surface area contributed by atoms with Crippen LogP contribution in [0.4, 0.5) is 0 Å². The molecule has 5 nitrogen and oxygen atoms in total. The second kappa shape index (κ2) is 8.06. The Morgan fingerprint density at radius 2 is 1.88 bits per heavy atom. The Morgan fingerprint density at radius 3 is 2.53 bits per heavy atom. The highest BCUT2D eigenvalue weighted by atomic mass is 16.5. The molecule has 2 N–H and O–H groups in total.